The largest absolute Gasteiger partial charge is 0.313 e. The summed E-state index contributed by atoms with van der Waals surface area (Å²) in [6.07, 6.45) is 4.11. The number of rotatable bonds is 7. The fraction of sp³-hybridized carbons (Fsp3) is 0.733. The van der Waals surface area contributed by atoms with Crippen molar-refractivity contribution in [1.82, 2.24) is 19.3 Å². The van der Waals surface area contributed by atoms with Gasteiger partial charge < -0.3 is 4.57 Å². The summed E-state index contributed by atoms with van der Waals surface area (Å²) in [7, 11) is 2.01. The van der Waals surface area contributed by atoms with E-state index in [4.69, 9.17) is 16.6 Å². The summed E-state index contributed by atoms with van der Waals surface area (Å²) in [6, 6.07) is 0. The molecule has 0 aliphatic heterocycles. The predicted octanol–water partition coefficient (Wildman–Crippen LogP) is 3.55. The molecule has 112 valence electrons. The van der Waals surface area contributed by atoms with E-state index < -0.39 is 0 Å². The molecule has 0 atom stereocenters. The number of halogens is 1. The van der Waals surface area contributed by atoms with Crippen molar-refractivity contribution in [3.63, 3.8) is 0 Å². The molecule has 0 aromatic carbocycles. The summed E-state index contributed by atoms with van der Waals surface area (Å²) in [5.74, 6) is 2.40. The molecule has 0 fully saturated rings. The fourth-order valence-corrected chi connectivity index (χ4v) is 2.97. The molecule has 0 N–H and O–H groups in total. The van der Waals surface area contributed by atoms with E-state index in [1.165, 1.54) is 12.8 Å². The summed E-state index contributed by atoms with van der Waals surface area (Å²) >= 11 is 5.94. The minimum absolute atomic E-state index is 0.612. The molecule has 2 aromatic heterocycles. The molecule has 2 heterocycles. The fourth-order valence-electron chi connectivity index (χ4n) is 2.80. The lowest BCUT2D eigenvalue weighted by Crippen LogP contribution is -2.14. The lowest BCUT2D eigenvalue weighted by atomic mass is 10.0. The molecule has 4 nitrogen and oxygen atoms in total. The van der Waals surface area contributed by atoms with Crippen LogP contribution in [0, 0.1) is 5.92 Å². The van der Waals surface area contributed by atoms with Crippen molar-refractivity contribution in [2.24, 2.45) is 13.0 Å². The maximum absolute atomic E-state index is 5.94. The van der Waals surface area contributed by atoms with Gasteiger partial charge in [-0.25, -0.2) is 4.98 Å². The van der Waals surface area contributed by atoms with Gasteiger partial charge in [0.25, 0.3) is 0 Å². The Bertz CT molecular complexity index is 566. The van der Waals surface area contributed by atoms with E-state index in [9.17, 15) is 0 Å². The quantitative estimate of drug-likeness (QED) is 0.733. The van der Waals surface area contributed by atoms with Crippen molar-refractivity contribution in [3.05, 3.63) is 11.5 Å². The van der Waals surface area contributed by atoms with Gasteiger partial charge in [-0.3, -0.25) is 4.68 Å². The highest BCUT2D eigenvalue weighted by Crippen LogP contribution is 2.23. The zero-order valence-corrected chi connectivity index (χ0v) is 13.7. The van der Waals surface area contributed by atoms with E-state index in [-0.39, 0.29) is 0 Å². The van der Waals surface area contributed by atoms with E-state index in [0.29, 0.717) is 11.8 Å². The third-order valence-electron chi connectivity index (χ3n) is 4.12. The smallest absolute Gasteiger partial charge is 0.158 e. The minimum Gasteiger partial charge on any atom is -0.313 e. The molecule has 0 aliphatic rings. The average Bonchev–Trinajstić information content (AvgIpc) is 2.95. The van der Waals surface area contributed by atoms with E-state index in [2.05, 4.69) is 30.4 Å². The Kier molecular flexibility index (Phi) is 5.08. The second kappa shape index (κ2) is 6.61. The molecular weight excluding hydrogens is 272 g/mol. The predicted molar refractivity (Wildman–Crippen MR) is 84.4 cm³/mol. The molecule has 2 rings (SSSR count). The molecule has 2 aromatic rings. The molecule has 0 saturated carbocycles. The maximum Gasteiger partial charge on any atom is 0.158 e. The van der Waals surface area contributed by atoms with E-state index >= 15 is 0 Å². The van der Waals surface area contributed by atoms with Crippen molar-refractivity contribution in [2.75, 3.05) is 5.88 Å². The van der Waals surface area contributed by atoms with Crippen molar-refractivity contribution < 1.29 is 0 Å². The van der Waals surface area contributed by atoms with Gasteiger partial charge in [0, 0.05) is 25.9 Å². The first-order valence-electron chi connectivity index (χ1n) is 7.63. The highest BCUT2D eigenvalue weighted by Gasteiger charge is 2.19. The number of aromatic nitrogens is 4. The molecule has 0 saturated heterocycles. The van der Waals surface area contributed by atoms with Crippen molar-refractivity contribution >= 4 is 22.8 Å². The van der Waals surface area contributed by atoms with Crippen LogP contribution in [0.1, 0.15) is 45.1 Å². The molecular formula is C15H25ClN4. The van der Waals surface area contributed by atoms with Crippen LogP contribution in [0.25, 0.3) is 11.2 Å². The van der Waals surface area contributed by atoms with Crippen LogP contribution in [0.2, 0.25) is 0 Å². The molecule has 0 unspecified atom stereocenters. The lowest BCUT2D eigenvalue weighted by Gasteiger charge is -2.16. The van der Waals surface area contributed by atoms with Gasteiger partial charge in [-0.2, -0.15) is 5.10 Å². The van der Waals surface area contributed by atoms with E-state index in [1.807, 2.05) is 11.7 Å². The Labute approximate surface area is 126 Å². The molecule has 0 amide bonds. The summed E-state index contributed by atoms with van der Waals surface area (Å²) in [6.45, 7) is 7.65. The zero-order valence-electron chi connectivity index (χ0n) is 13.0. The SMILES string of the molecule is CCc1nn(C)c2c1nc(CCCl)n2CC(CC)CC. The van der Waals surface area contributed by atoms with Crippen LogP contribution in [0.3, 0.4) is 0 Å². The van der Waals surface area contributed by atoms with Crippen molar-refractivity contribution in [2.45, 2.75) is 53.0 Å². The number of aryl methyl sites for hydroxylation is 3. The number of hydrogen-bond acceptors (Lipinski definition) is 2. The second-order valence-corrected chi connectivity index (χ2v) is 5.73. The number of fused-ring (bicyclic) bond motifs is 1. The van der Waals surface area contributed by atoms with Crippen LogP contribution in [-0.2, 0) is 26.4 Å². The van der Waals surface area contributed by atoms with Crippen molar-refractivity contribution in [1.29, 1.82) is 0 Å². The Morgan fingerprint density at radius 3 is 2.45 bits per heavy atom. The first-order chi connectivity index (χ1) is 9.65. The van der Waals surface area contributed by atoms with Crippen molar-refractivity contribution in [3.8, 4) is 0 Å². The van der Waals surface area contributed by atoms with E-state index in [0.717, 1.165) is 42.1 Å². The molecule has 0 bridgehead atoms. The van der Waals surface area contributed by atoms with Crippen LogP contribution in [0.15, 0.2) is 0 Å². The second-order valence-electron chi connectivity index (χ2n) is 5.36. The third-order valence-corrected chi connectivity index (χ3v) is 4.31. The standard InChI is InChI=1S/C15H25ClN4/c1-5-11(6-2)10-20-13(8-9-16)17-14-12(7-3)18-19(4)15(14)20/h11H,5-10H2,1-4H3. The van der Waals surface area contributed by atoms with E-state index in [1.54, 1.807) is 0 Å². The molecule has 0 spiro atoms. The summed E-state index contributed by atoms with van der Waals surface area (Å²) in [5, 5.41) is 4.59. The van der Waals surface area contributed by atoms with Gasteiger partial charge in [0.1, 0.15) is 11.3 Å². The Balaban J connectivity index is 2.52. The molecule has 20 heavy (non-hydrogen) atoms. The molecule has 0 radical (unpaired) electrons. The van der Waals surface area contributed by atoms with Gasteiger partial charge in [0.05, 0.1) is 5.69 Å². The van der Waals surface area contributed by atoms with Crippen LogP contribution in [-0.4, -0.2) is 25.2 Å². The van der Waals surface area contributed by atoms with Gasteiger partial charge in [-0.15, -0.1) is 11.6 Å². The number of hydrogen-bond donors (Lipinski definition) is 0. The van der Waals surface area contributed by atoms with Crippen LogP contribution in [0.4, 0.5) is 0 Å². The normalized spacial score (nSPS) is 11.9. The Morgan fingerprint density at radius 2 is 1.90 bits per heavy atom. The number of imidazole rings is 1. The monoisotopic (exact) mass is 296 g/mol. The summed E-state index contributed by atoms with van der Waals surface area (Å²) in [4.78, 5) is 4.81. The number of nitrogens with zero attached hydrogens (tertiary/aromatic N) is 4. The first kappa shape index (κ1) is 15.4. The topological polar surface area (TPSA) is 35.6 Å². The third kappa shape index (κ3) is 2.71. The highest BCUT2D eigenvalue weighted by molar-refractivity contribution is 6.17. The van der Waals surface area contributed by atoms with Gasteiger partial charge in [-0.05, 0) is 12.3 Å². The van der Waals surface area contributed by atoms with Gasteiger partial charge in [0.15, 0.2) is 5.65 Å². The first-order valence-corrected chi connectivity index (χ1v) is 8.16. The lowest BCUT2D eigenvalue weighted by molar-refractivity contribution is 0.414. The summed E-state index contributed by atoms with van der Waals surface area (Å²) in [5.41, 5.74) is 3.29. The van der Waals surface area contributed by atoms with Crippen LogP contribution in [0.5, 0.6) is 0 Å². The van der Waals surface area contributed by atoms with Crippen LogP contribution < -0.4 is 0 Å². The molecule has 5 heteroatoms. The number of alkyl halides is 1. The minimum atomic E-state index is 0.612. The molecule has 0 aliphatic carbocycles. The zero-order chi connectivity index (χ0) is 14.7. The highest BCUT2D eigenvalue weighted by atomic mass is 35.5. The van der Waals surface area contributed by atoms with Gasteiger partial charge in [-0.1, -0.05) is 33.6 Å². The Hall–Kier alpha value is -1.03. The average molecular weight is 297 g/mol. The van der Waals surface area contributed by atoms with Gasteiger partial charge >= 0.3 is 0 Å². The Morgan fingerprint density at radius 1 is 1.20 bits per heavy atom. The summed E-state index contributed by atoms with van der Waals surface area (Å²) < 4.78 is 4.31. The van der Waals surface area contributed by atoms with Crippen LogP contribution >= 0.6 is 11.6 Å². The van der Waals surface area contributed by atoms with Gasteiger partial charge in [0.2, 0.25) is 0 Å². The maximum atomic E-state index is 5.94.